The zero-order valence-corrected chi connectivity index (χ0v) is 15.3. The van der Waals surface area contributed by atoms with E-state index in [1.165, 1.54) is 23.3 Å². The molecule has 1 aliphatic heterocycles. The van der Waals surface area contributed by atoms with E-state index in [1.807, 2.05) is 23.1 Å². The molecule has 1 fully saturated rings. The number of carbonyl (C=O) groups is 1. The highest BCUT2D eigenvalue weighted by Gasteiger charge is 2.26. The molecule has 2 aliphatic rings. The van der Waals surface area contributed by atoms with Crippen LogP contribution in [-0.4, -0.2) is 35.0 Å². The summed E-state index contributed by atoms with van der Waals surface area (Å²) in [5, 5.41) is 0. The van der Waals surface area contributed by atoms with Crippen LogP contribution in [0, 0.1) is 0 Å². The molecule has 0 bridgehead atoms. The van der Waals surface area contributed by atoms with Crippen LogP contribution in [0.3, 0.4) is 0 Å². The third-order valence-electron chi connectivity index (χ3n) is 5.02. The van der Waals surface area contributed by atoms with Crippen molar-refractivity contribution in [3.63, 3.8) is 0 Å². The number of rotatable bonds is 5. The Morgan fingerprint density at radius 3 is 2.96 bits per heavy atom. The maximum absolute atomic E-state index is 13.2. The van der Waals surface area contributed by atoms with Crippen LogP contribution in [0.15, 0.2) is 30.5 Å². The van der Waals surface area contributed by atoms with Gasteiger partial charge in [-0.3, -0.25) is 9.78 Å². The lowest BCUT2D eigenvalue weighted by Gasteiger charge is -2.24. The Kier molecular flexibility index (Phi) is 5.13. The van der Waals surface area contributed by atoms with Gasteiger partial charge in [0.15, 0.2) is 0 Å². The Balaban J connectivity index is 1.55. The molecular weight excluding hydrogens is 332 g/mol. The quantitative estimate of drug-likeness (QED) is 0.817. The number of nitrogens with zero attached hydrogens (tertiary/aromatic N) is 2. The predicted molar refractivity (Wildman–Crippen MR) is 98.9 cm³/mol. The van der Waals surface area contributed by atoms with Gasteiger partial charge in [0.05, 0.1) is 23.2 Å². The fourth-order valence-corrected chi connectivity index (χ4v) is 4.91. The van der Waals surface area contributed by atoms with Gasteiger partial charge < -0.3 is 9.64 Å². The van der Waals surface area contributed by atoms with Crippen LogP contribution < -0.4 is 0 Å². The number of hydrogen-bond acceptors (Lipinski definition) is 4. The largest absolute Gasteiger partial charge is 0.376 e. The first-order chi connectivity index (χ1) is 12.3. The van der Waals surface area contributed by atoms with Crippen molar-refractivity contribution >= 4 is 17.2 Å². The minimum absolute atomic E-state index is 0.126. The van der Waals surface area contributed by atoms with E-state index in [0.717, 1.165) is 42.9 Å². The zero-order valence-electron chi connectivity index (χ0n) is 14.4. The monoisotopic (exact) mass is 356 g/mol. The lowest BCUT2D eigenvalue weighted by atomic mass is 9.99. The molecule has 0 saturated carbocycles. The fraction of sp³-hybridized carbons (Fsp3) is 0.500. The molecule has 132 valence electrons. The van der Waals surface area contributed by atoms with E-state index in [2.05, 4.69) is 11.1 Å². The van der Waals surface area contributed by atoms with Gasteiger partial charge in [0, 0.05) is 24.2 Å². The fourth-order valence-electron chi connectivity index (χ4n) is 3.69. The van der Waals surface area contributed by atoms with E-state index < -0.39 is 0 Å². The smallest absolute Gasteiger partial charge is 0.264 e. The maximum Gasteiger partial charge on any atom is 0.264 e. The van der Waals surface area contributed by atoms with Gasteiger partial charge in [-0.2, -0.15) is 0 Å². The van der Waals surface area contributed by atoms with Crippen LogP contribution >= 0.6 is 11.3 Å². The Hall–Kier alpha value is -1.72. The summed E-state index contributed by atoms with van der Waals surface area (Å²) in [6, 6.07) is 7.99. The Labute approximate surface area is 152 Å². The first-order valence-electron chi connectivity index (χ1n) is 9.22. The van der Waals surface area contributed by atoms with Gasteiger partial charge >= 0.3 is 0 Å². The highest BCUT2D eigenvalue weighted by molar-refractivity contribution is 7.14. The van der Waals surface area contributed by atoms with Gasteiger partial charge in [-0.05, 0) is 62.3 Å². The molecule has 0 radical (unpaired) electrons. The van der Waals surface area contributed by atoms with Crippen molar-refractivity contribution in [1.82, 2.24) is 9.88 Å². The third kappa shape index (κ3) is 3.93. The van der Waals surface area contributed by atoms with E-state index >= 15 is 0 Å². The van der Waals surface area contributed by atoms with Gasteiger partial charge in [-0.1, -0.05) is 6.07 Å². The van der Waals surface area contributed by atoms with Crippen molar-refractivity contribution < 1.29 is 9.53 Å². The van der Waals surface area contributed by atoms with Crippen LogP contribution in [0.4, 0.5) is 0 Å². The molecule has 2 aromatic heterocycles. The maximum atomic E-state index is 13.2. The molecule has 0 N–H and O–H groups in total. The molecule has 4 nitrogen and oxygen atoms in total. The molecule has 5 heteroatoms. The molecule has 25 heavy (non-hydrogen) atoms. The summed E-state index contributed by atoms with van der Waals surface area (Å²) < 4.78 is 5.78. The molecule has 0 unspecified atom stereocenters. The lowest BCUT2D eigenvalue weighted by Crippen LogP contribution is -2.36. The minimum atomic E-state index is 0.126. The average Bonchev–Trinajstić information content (AvgIpc) is 3.30. The molecular formula is C20H24N2O2S. The first kappa shape index (κ1) is 16.7. The van der Waals surface area contributed by atoms with Crippen LogP contribution in [0.5, 0.6) is 0 Å². The van der Waals surface area contributed by atoms with Crippen LogP contribution in [0.1, 0.15) is 51.5 Å². The number of amides is 1. The summed E-state index contributed by atoms with van der Waals surface area (Å²) in [7, 11) is 0. The van der Waals surface area contributed by atoms with E-state index in [9.17, 15) is 4.79 Å². The van der Waals surface area contributed by atoms with Crippen molar-refractivity contribution in [2.75, 3.05) is 13.2 Å². The lowest BCUT2D eigenvalue weighted by molar-refractivity contribution is 0.0508. The van der Waals surface area contributed by atoms with Crippen molar-refractivity contribution in [3.05, 3.63) is 51.5 Å². The van der Waals surface area contributed by atoms with E-state index in [0.29, 0.717) is 13.1 Å². The van der Waals surface area contributed by atoms with Crippen LogP contribution in [0.2, 0.25) is 0 Å². The van der Waals surface area contributed by atoms with Gasteiger partial charge in [-0.15, -0.1) is 11.3 Å². The van der Waals surface area contributed by atoms with E-state index in [4.69, 9.17) is 4.74 Å². The molecule has 2 aromatic rings. The average molecular weight is 356 g/mol. The number of aryl methyl sites for hydroxylation is 2. The summed E-state index contributed by atoms with van der Waals surface area (Å²) >= 11 is 1.69. The second kappa shape index (κ2) is 7.67. The van der Waals surface area contributed by atoms with Gasteiger partial charge in [0.1, 0.15) is 0 Å². The van der Waals surface area contributed by atoms with Crippen LogP contribution in [-0.2, 0) is 24.1 Å². The van der Waals surface area contributed by atoms with Gasteiger partial charge in [-0.25, -0.2) is 0 Å². The SMILES string of the molecule is O=C(c1cc2c(s1)CCCC2)N(Cc1ccccn1)C[C@H]1CCCO1. The molecule has 4 rings (SSSR count). The van der Waals surface area contributed by atoms with Crippen molar-refractivity contribution in [3.8, 4) is 0 Å². The second-order valence-corrected chi connectivity index (χ2v) is 8.04. The predicted octanol–water partition coefficient (Wildman–Crippen LogP) is 3.84. The number of carbonyl (C=O) groups excluding carboxylic acids is 1. The van der Waals surface area contributed by atoms with E-state index in [1.54, 1.807) is 17.5 Å². The Bertz CT molecular complexity index is 699. The number of pyridine rings is 1. The third-order valence-corrected chi connectivity index (χ3v) is 6.25. The molecule has 3 heterocycles. The summed E-state index contributed by atoms with van der Waals surface area (Å²) in [6.07, 6.45) is 8.79. The minimum Gasteiger partial charge on any atom is -0.376 e. The van der Waals surface area contributed by atoms with Crippen molar-refractivity contribution in [2.45, 2.75) is 51.2 Å². The second-order valence-electron chi connectivity index (χ2n) is 6.91. The van der Waals surface area contributed by atoms with Crippen LogP contribution in [0.25, 0.3) is 0 Å². The van der Waals surface area contributed by atoms with Gasteiger partial charge in [0.2, 0.25) is 0 Å². The number of hydrogen-bond donors (Lipinski definition) is 0. The summed E-state index contributed by atoms with van der Waals surface area (Å²) in [4.78, 5) is 21.8. The van der Waals surface area contributed by atoms with Crippen molar-refractivity contribution in [2.24, 2.45) is 0 Å². The number of ether oxygens (including phenoxy) is 1. The van der Waals surface area contributed by atoms with Gasteiger partial charge in [0.25, 0.3) is 5.91 Å². The Morgan fingerprint density at radius 1 is 1.28 bits per heavy atom. The number of thiophene rings is 1. The highest BCUT2D eigenvalue weighted by atomic mass is 32.1. The molecule has 0 spiro atoms. The normalized spacial score (nSPS) is 19.6. The zero-order chi connectivity index (χ0) is 17.1. The summed E-state index contributed by atoms with van der Waals surface area (Å²) in [6.45, 7) is 2.00. The molecule has 1 saturated heterocycles. The topological polar surface area (TPSA) is 42.4 Å². The highest BCUT2D eigenvalue weighted by Crippen LogP contribution is 2.31. The summed E-state index contributed by atoms with van der Waals surface area (Å²) in [5.74, 6) is 0.126. The molecule has 1 atom stereocenters. The van der Waals surface area contributed by atoms with E-state index in [-0.39, 0.29) is 12.0 Å². The molecule has 1 amide bonds. The number of aromatic nitrogens is 1. The summed E-state index contributed by atoms with van der Waals surface area (Å²) in [5.41, 5.74) is 2.31. The number of fused-ring (bicyclic) bond motifs is 1. The molecule has 1 aliphatic carbocycles. The Morgan fingerprint density at radius 2 is 2.20 bits per heavy atom. The standard InChI is InChI=1S/C20H24N2O2S/c23-20(19-12-15-6-1-2-9-18(15)25-19)22(14-17-8-5-11-24-17)13-16-7-3-4-10-21-16/h3-4,7,10,12,17H,1-2,5-6,8-9,11,13-14H2/t17-/m1/s1. The first-order valence-corrected chi connectivity index (χ1v) is 10.0. The molecule has 0 aromatic carbocycles. The van der Waals surface area contributed by atoms with Crippen molar-refractivity contribution in [1.29, 1.82) is 0 Å².